The molecule has 0 bridgehead atoms. The van der Waals surface area contributed by atoms with Gasteiger partial charge in [0.2, 0.25) is 0 Å². The standard InChI is InChI=1S/C18H16FN3O2/c1-21(24-2)18(23)16-12-22(15-6-4-3-5-7-15)20-17(16)13-8-10-14(19)11-9-13/h3-12H,1-2H3. The number of nitrogens with zero attached hydrogens (tertiary/aromatic N) is 3. The molecule has 1 aromatic heterocycles. The van der Waals surface area contributed by atoms with E-state index in [9.17, 15) is 9.18 Å². The van der Waals surface area contributed by atoms with Gasteiger partial charge in [-0.3, -0.25) is 9.63 Å². The molecule has 122 valence electrons. The van der Waals surface area contributed by atoms with E-state index in [-0.39, 0.29) is 11.7 Å². The van der Waals surface area contributed by atoms with Crippen LogP contribution in [-0.2, 0) is 4.84 Å². The van der Waals surface area contributed by atoms with E-state index in [4.69, 9.17) is 4.84 Å². The number of hydrogen-bond acceptors (Lipinski definition) is 3. The maximum absolute atomic E-state index is 13.2. The van der Waals surface area contributed by atoms with Gasteiger partial charge in [-0.15, -0.1) is 0 Å². The zero-order chi connectivity index (χ0) is 17.1. The molecule has 3 aromatic rings. The molecular weight excluding hydrogens is 309 g/mol. The van der Waals surface area contributed by atoms with Gasteiger partial charge in [0.1, 0.15) is 11.5 Å². The first-order valence-corrected chi connectivity index (χ1v) is 7.33. The lowest BCUT2D eigenvalue weighted by molar-refractivity contribution is -0.0756. The number of para-hydroxylation sites is 1. The number of carbonyl (C=O) groups is 1. The summed E-state index contributed by atoms with van der Waals surface area (Å²) in [7, 11) is 2.94. The molecule has 1 heterocycles. The third-order valence-corrected chi connectivity index (χ3v) is 3.64. The van der Waals surface area contributed by atoms with Crippen molar-refractivity contribution >= 4 is 5.91 Å². The van der Waals surface area contributed by atoms with Crippen LogP contribution in [0, 0.1) is 5.82 Å². The molecule has 0 saturated heterocycles. The minimum Gasteiger partial charge on any atom is -0.274 e. The maximum Gasteiger partial charge on any atom is 0.281 e. The highest BCUT2D eigenvalue weighted by atomic mass is 19.1. The van der Waals surface area contributed by atoms with E-state index in [1.54, 1.807) is 23.0 Å². The Morgan fingerprint density at radius 2 is 1.79 bits per heavy atom. The minimum atomic E-state index is -0.344. The molecule has 0 radical (unpaired) electrons. The third-order valence-electron chi connectivity index (χ3n) is 3.64. The summed E-state index contributed by atoms with van der Waals surface area (Å²) >= 11 is 0. The van der Waals surface area contributed by atoms with Crippen LogP contribution in [0.5, 0.6) is 0 Å². The number of halogens is 1. The highest BCUT2D eigenvalue weighted by molar-refractivity contribution is 5.99. The van der Waals surface area contributed by atoms with Gasteiger partial charge in [0, 0.05) is 18.8 Å². The van der Waals surface area contributed by atoms with Crippen LogP contribution in [0.2, 0.25) is 0 Å². The molecule has 0 aliphatic carbocycles. The van der Waals surface area contributed by atoms with E-state index < -0.39 is 0 Å². The first kappa shape index (κ1) is 15.9. The van der Waals surface area contributed by atoms with Gasteiger partial charge in [0.05, 0.1) is 18.4 Å². The Morgan fingerprint density at radius 3 is 2.42 bits per heavy atom. The second-order valence-electron chi connectivity index (χ2n) is 5.16. The van der Waals surface area contributed by atoms with Crippen LogP contribution in [-0.4, -0.2) is 34.9 Å². The Balaban J connectivity index is 2.13. The van der Waals surface area contributed by atoms with E-state index in [0.29, 0.717) is 16.8 Å². The van der Waals surface area contributed by atoms with E-state index in [1.165, 1.54) is 26.3 Å². The van der Waals surface area contributed by atoms with Gasteiger partial charge in [-0.05, 0) is 36.4 Å². The van der Waals surface area contributed by atoms with Gasteiger partial charge < -0.3 is 0 Å². The van der Waals surface area contributed by atoms with E-state index >= 15 is 0 Å². The highest BCUT2D eigenvalue weighted by Crippen LogP contribution is 2.25. The lowest BCUT2D eigenvalue weighted by Crippen LogP contribution is -2.25. The van der Waals surface area contributed by atoms with Crippen LogP contribution in [0.3, 0.4) is 0 Å². The number of amides is 1. The summed E-state index contributed by atoms with van der Waals surface area (Å²) in [5.41, 5.74) is 2.31. The third kappa shape index (κ3) is 3.04. The SMILES string of the molecule is CON(C)C(=O)c1cn(-c2ccccc2)nc1-c1ccc(F)cc1. The topological polar surface area (TPSA) is 47.4 Å². The van der Waals surface area contributed by atoms with Gasteiger partial charge in [-0.25, -0.2) is 14.1 Å². The van der Waals surface area contributed by atoms with Gasteiger partial charge in [0.25, 0.3) is 5.91 Å². The van der Waals surface area contributed by atoms with Crippen LogP contribution in [0.25, 0.3) is 16.9 Å². The number of benzene rings is 2. The van der Waals surface area contributed by atoms with Crippen molar-refractivity contribution in [1.29, 1.82) is 0 Å². The molecule has 0 fully saturated rings. The van der Waals surface area contributed by atoms with Crippen LogP contribution in [0.15, 0.2) is 60.8 Å². The summed E-state index contributed by atoms with van der Waals surface area (Å²) in [6.45, 7) is 0. The van der Waals surface area contributed by atoms with Crippen molar-refractivity contribution in [2.45, 2.75) is 0 Å². The lowest BCUT2D eigenvalue weighted by Gasteiger charge is -2.13. The quantitative estimate of drug-likeness (QED) is 0.692. The minimum absolute atomic E-state index is 0.334. The van der Waals surface area contributed by atoms with Crippen molar-refractivity contribution in [3.8, 4) is 16.9 Å². The average molecular weight is 325 g/mol. The van der Waals surface area contributed by atoms with Crippen LogP contribution < -0.4 is 0 Å². The molecule has 24 heavy (non-hydrogen) atoms. The van der Waals surface area contributed by atoms with Crippen LogP contribution >= 0.6 is 0 Å². The van der Waals surface area contributed by atoms with E-state index in [2.05, 4.69) is 5.10 Å². The fraction of sp³-hybridized carbons (Fsp3) is 0.111. The van der Waals surface area contributed by atoms with Gasteiger partial charge in [-0.1, -0.05) is 18.2 Å². The number of carbonyl (C=O) groups excluding carboxylic acids is 1. The van der Waals surface area contributed by atoms with Crippen molar-refractivity contribution < 1.29 is 14.0 Å². The molecule has 1 amide bonds. The smallest absolute Gasteiger partial charge is 0.274 e. The van der Waals surface area contributed by atoms with Gasteiger partial charge >= 0.3 is 0 Å². The van der Waals surface area contributed by atoms with Crippen molar-refractivity contribution in [3.05, 3.63) is 72.2 Å². The fourth-order valence-corrected chi connectivity index (χ4v) is 2.32. The molecule has 0 unspecified atom stereocenters. The first-order chi connectivity index (χ1) is 11.6. The number of rotatable bonds is 4. The zero-order valence-electron chi connectivity index (χ0n) is 13.3. The van der Waals surface area contributed by atoms with E-state index in [0.717, 1.165) is 10.8 Å². The lowest BCUT2D eigenvalue weighted by atomic mass is 10.1. The molecule has 0 N–H and O–H groups in total. The number of hydroxylamine groups is 2. The Morgan fingerprint density at radius 1 is 1.12 bits per heavy atom. The molecule has 0 spiro atoms. The van der Waals surface area contributed by atoms with Crippen LogP contribution in [0.4, 0.5) is 4.39 Å². The molecular formula is C18H16FN3O2. The number of aromatic nitrogens is 2. The summed E-state index contributed by atoms with van der Waals surface area (Å²) in [6.07, 6.45) is 1.64. The summed E-state index contributed by atoms with van der Waals surface area (Å²) < 4.78 is 14.8. The predicted molar refractivity (Wildman–Crippen MR) is 88.1 cm³/mol. The Bertz CT molecular complexity index is 844. The zero-order valence-corrected chi connectivity index (χ0v) is 13.3. The van der Waals surface area contributed by atoms with Crippen LogP contribution in [0.1, 0.15) is 10.4 Å². The summed E-state index contributed by atoms with van der Waals surface area (Å²) in [5.74, 6) is -0.679. The van der Waals surface area contributed by atoms with Gasteiger partial charge in [0.15, 0.2) is 0 Å². The number of hydrogen-bond donors (Lipinski definition) is 0. The summed E-state index contributed by atoms with van der Waals surface area (Å²) in [6, 6.07) is 15.3. The largest absolute Gasteiger partial charge is 0.281 e. The summed E-state index contributed by atoms with van der Waals surface area (Å²) in [5, 5.41) is 5.63. The van der Waals surface area contributed by atoms with Gasteiger partial charge in [-0.2, -0.15) is 5.10 Å². The average Bonchev–Trinajstić information content (AvgIpc) is 3.07. The van der Waals surface area contributed by atoms with Crippen molar-refractivity contribution in [2.75, 3.05) is 14.2 Å². The monoisotopic (exact) mass is 325 g/mol. The fourth-order valence-electron chi connectivity index (χ4n) is 2.32. The highest BCUT2D eigenvalue weighted by Gasteiger charge is 2.21. The second-order valence-corrected chi connectivity index (χ2v) is 5.16. The molecule has 0 atom stereocenters. The Hall–Kier alpha value is -2.99. The summed E-state index contributed by atoms with van der Waals surface area (Å²) in [4.78, 5) is 17.5. The molecule has 2 aromatic carbocycles. The normalized spacial score (nSPS) is 10.6. The predicted octanol–water partition coefficient (Wildman–Crippen LogP) is 3.31. The van der Waals surface area contributed by atoms with Crippen molar-refractivity contribution in [3.63, 3.8) is 0 Å². The molecule has 6 heteroatoms. The first-order valence-electron chi connectivity index (χ1n) is 7.33. The molecule has 5 nitrogen and oxygen atoms in total. The molecule has 0 aliphatic rings. The molecule has 0 saturated carbocycles. The molecule has 3 rings (SSSR count). The second kappa shape index (κ2) is 6.64. The maximum atomic E-state index is 13.2. The Kier molecular flexibility index (Phi) is 4.39. The Labute approximate surface area is 138 Å². The van der Waals surface area contributed by atoms with Crippen molar-refractivity contribution in [2.24, 2.45) is 0 Å². The van der Waals surface area contributed by atoms with Crippen molar-refractivity contribution in [1.82, 2.24) is 14.8 Å². The molecule has 0 aliphatic heterocycles. The van der Waals surface area contributed by atoms with E-state index in [1.807, 2.05) is 30.3 Å².